The minimum Gasteiger partial charge on any atom is -0.368 e. The van der Waals surface area contributed by atoms with Crippen molar-refractivity contribution in [3.63, 3.8) is 0 Å². The van der Waals surface area contributed by atoms with Crippen molar-refractivity contribution in [1.82, 2.24) is 5.32 Å². The molecule has 19 heavy (non-hydrogen) atoms. The van der Waals surface area contributed by atoms with E-state index in [4.69, 9.17) is 5.73 Å². The fraction of sp³-hybridized carbons (Fsp3) is 0.417. The third kappa shape index (κ3) is 5.27. The van der Waals surface area contributed by atoms with Crippen LogP contribution >= 0.6 is 11.8 Å². The van der Waals surface area contributed by atoms with Gasteiger partial charge in [-0.15, -0.1) is 11.8 Å². The first-order valence-corrected chi connectivity index (χ1v) is 6.81. The fourth-order valence-electron chi connectivity index (χ4n) is 1.46. The number of nitrogens with two attached hydrogens (primary N) is 1. The van der Waals surface area contributed by atoms with Gasteiger partial charge in [0.1, 0.15) is 0 Å². The third-order valence-electron chi connectivity index (χ3n) is 2.34. The lowest BCUT2D eigenvalue weighted by Gasteiger charge is -2.17. The normalized spacial score (nSPS) is 12.4. The molecule has 1 amide bonds. The molecule has 1 aromatic rings. The van der Waals surface area contributed by atoms with Crippen LogP contribution in [0.25, 0.3) is 0 Å². The Balaban J connectivity index is 2.59. The van der Waals surface area contributed by atoms with Crippen molar-refractivity contribution in [1.29, 1.82) is 0 Å². The fourth-order valence-corrected chi connectivity index (χ4v) is 2.41. The summed E-state index contributed by atoms with van der Waals surface area (Å²) in [5.41, 5.74) is 5.36. The van der Waals surface area contributed by atoms with Gasteiger partial charge in [-0.2, -0.15) is 0 Å². The van der Waals surface area contributed by atoms with Gasteiger partial charge in [-0.05, 0) is 12.1 Å². The highest BCUT2D eigenvalue weighted by molar-refractivity contribution is 7.99. The van der Waals surface area contributed by atoms with Gasteiger partial charge < -0.3 is 11.1 Å². The smallest absolute Gasteiger partial charge is 0.269 e. The highest BCUT2D eigenvalue weighted by atomic mass is 32.2. The minimum atomic E-state index is -0.443. The molecule has 1 unspecified atom stereocenters. The van der Waals surface area contributed by atoms with Gasteiger partial charge in [0.2, 0.25) is 5.91 Å². The third-order valence-corrected chi connectivity index (χ3v) is 3.45. The van der Waals surface area contributed by atoms with Crippen LogP contribution in [0.4, 0.5) is 5.69 Å². The number of nitro groups is 1. The Morgan fingerprint density at radius 3 is 2.42 bits per heavy atom. The molecule has 0 saturated heterocycles. The van der Waals surface area contributed by atoms with Crippen LogP contribution in [0.15, 0.2) is 29.2 Å². The topological polar surface area (TPSA) is 98.3 Å². The number of nitrogens with zero attached hydrogens (tertiary/aromatic N) is 1. The number of primary amides is 1. The van der Waals surface area contributed by atoms with Crippen LogP contribution in [0.2, 0.25) is 0 Å². The highest BCUT2D eigenvalue weighted by Crippen LogP contribution is 2.22. The largest absolute Gasteiger partial charge is 0.368 e. The van der Waals surface area contributed by atoms with Crippen LogP contribution in [0.1, 0.15) is 13.8 Å². The number of non-ortho nitro benzene ring substituents is 1. The molecular formula is C12H17N3O3S. The molecule has 1 rings (SSSR count). The van der Waals surface area contributed by atoms with E-state index in [-0.39, 0.29) is 11.7 Å². The van der Waals surface area contributed by atoms with Crippen molar-refractivity contribution in [3.8, 4) is 0 Å². The zero-order chi connectivity index (χ0) is 14.4. The summed E-state index contributed by atoms with van der Waals surface area (Å²) in [7, 11) is 0. The van der Waals surface area contributed by atoms with Crippen LogP contribution in [0.5, 0.6) is 0 Å². The van der Waals surface area contributed by atoms with Crippen molar-refractivity contribution in [2.45, 2.75) is 30.8 Å². The number of amides is 1. The Morgan fingerprint density at radius 1 is 1.42 bits per heavy atom. The standard InChI is InChI=1S/C12H17N3O3S/c1-8(2)14-11(12(13)16)7-19-10-5-3-9(4-6-10)15(17)18/h3-6,8,11,14H,7H2,1-2H3,(H2,13,16). The van der Waals surface area contributed by atoms with Gasteiger partial charge >= 0.3 is 0 Å². The Bertz CT molecular complexity index is 448. The molecule has 0 aromatic heterocycles. The number of hydrogen-bond donors (Lipinski definition) is 2. The molecule has 3 N–H and O–H groups in total. The lowest BCUT2D eigenvalue weighted by Crippen LogP contribution is -2.46. The molecule has 0 aliphatic carbocycles. The quantitative estimate of drug-likeness (QED) is 0.449. The maximum absolute atomic E-state index is 11.3. The van der Waals surface area contributed by atoms with Crippen molar-refractivity contribution in [3.05, 3.63) is 34.4 Å². The molecule has 6 nitrogen and oxygen atoms in total. The summed E-state index contributed by atoms with van der Waals surface area (Å²) < 4.78 is 0. The summed E-state index contributed by atoms with van der Waals surface area (Å²) in [6.45, 7) is 3.87. The van der Waals surface area contributed by atoms with Crippen molar-refractivity contribution in [2.24, 2.45) is 5.73 Å². The maximum Gasteiger partial charge on any atom is 0.269 e. The molecule has 0 radical (unpaired) electrons. The predicted molar refractivity (Wildman–Crippen MR) is 75.1 cm³/mol. The van der Waals surface area contributed by atoms with Crippen molar-refractivity contribution < 1.29 is 9.72 Å². The number of carbonyl (C=O) groups excluding carboxylic acids is 1. The van der Waals surface area contributed by atoms with Gasteiger partial charge in [-0.3, -0.25) is 14.9 Å². The van der Waals surface area contributed by atoms with Gasteiger partial charge in [0, 0.05) is 28.8 Å². The van der Waals surface area contributed by atoms with Gasteiger partial charge in [-0.1, -0.05) is 13.8 Å². The Morgan fingerprint density at radius 2 is 2.00 bits per heavy atom. The first-order valence-electron chi connectivity index (χ1n) is 5.82. The predicted octanol–water partition coefficient (Wildman–Crippen LogP) is 1.54. The van der Waals surface area contributed by atoms with Crippen LogP contribution in [0.3, 0.4) is 0 Å². The molecule has 1 aromatic carbocycles. The number of nitrogens with one attached hydrogen (secondary N) is 1. The monoisotopic (exact) mass is 283 g/mol. The van der Waals surface area contributed by atoms with E-state index in [9.17, 15) is 14.9 Å². The van der Waals surface area contributed by atoms with E-state index in [1.807, 2.05) is 13.8 Å². The molecule has 0 bridgehead atoms. The molecule has 7 heteroatoms. The molecule has 0 aliphatic heterocycles. The molecule has 0 spiro atoms. The summed E-state index contributed by atoms with van der Waals surface area (Å²) >= 11 is 1.43. The summed E-state index contributed by atoms with van der Waals surface area (Å²) in [4.78, 5) is 22.2. The van der Waals surface area contributed by atoms with Gasteiger partial charge in [0.25, 0.3) is 5.69 Å². The number of benzene rings is 1. The lowest BCUT2D eigenvalue weighted by molar-refractivity contribution is -0.384. The van der Waals surface area contributed by atoms with E-state index in [1.54, 1.807) is 12.1 Å². The first-order chi connectivity index (χ1) is 8.90. The second-order valence-electron chi connectivity index (χ2n) is 4.34. The maximum atomic E-state index is 11.3. The molecule has 1 atom stereocenters. The Hall–Kier alpha value is -1.60. The highest BCUT2D eigenvalue weighted by Gasteiger charge is 2.16. The van der Waals surface area contributed by atoms with E-state index in [1.165, 1.54) is 23.9 Å². The number of carbonyl (C=O) groups is 1. The van der Waals surface area contributed by atoms with E-state index < -0.39 is 16.9 Å². The van der Waals surface area contributed by atoms with E-state index in [0.29, 0.717) is 5.75 Å². The van der Waals surface area contributed by atoms with Gasteiger partial charge in [0.05, 0.1) is 11.0 Å². The molecule has 0 fully saturated rings. The first kappa shape index (κ1) is 15.5. The van der Waals surface area contributed by atoms with Crippen LogP contribution in [-0.2, 0) is 4.79 Å². The lowest BCUT2D eigenvalue weighted by atomic mass is 10.3. The Labute approximate surface area is 115 Å². The van der Waals surface area contributed by atoms with E-state index >= 15 is 0 Å². The van der Waals surface area contributed by atoms with Crippen molar-refractivity contribution >= 4 is 23.4 Å². The van der Waals surface area contributed by atoms with Crippen molar-refractivity contribution in [2.75, 3.05) is 5.75 Å². The molecule has 0 aliphatic rings. The van der Waals surface area contributed by atoms with Gasteiger partial charge in [0.15, 0.2) is 0 Å². The summed E-state index contributed by atoms with van der Waals surface area (Å²) in [6.07, 6.45) is 0. The number of thioether (sulfide) groups is 1. The SMILES string of the molecule is CC(C)NC(CSc1ccc([N+](=O)[O-])cc1)C(N)=O. The minimum absolute atomic E-state index is 0.0520. The van der Waals surface area contributed by atoms with E-state index in [0.717, 1.165) is 4.90 Å². The van der Waals surface area contributed by atoms with Crippen LogP contribution < -0.4 is 11.1 Å². The zero-order valence-electron chi connectivity index (χ0n) is 10.8. The van der Waals surface area contributed by atoms with Crippen LogP contribution in [0, 0.1) is 10.1 Å². The zero-order valence-corrected chi connectivity index (χ0v) is 11.6. The molecule has 0 heterocycles. The number of rotatable bonds is 7. The number of hydrogen-bond acceptors (Lipinski definition) is 5. The average molecular weight is 283 g/mol. The average Bonchev–Trinajstić information content (AvgIpc) is 2.34. The second kappa shape index (κ2) is 7.10. The summed E-state index contributed by atoms with van der Waals surface area (Å²) in [5, 5.41) is 13.6. The second-order valence-corrected chi connectivity index (χ2v) is 5.43. The van der Waals surface area contributed by atoms with Gasteiger partial charge in [-0.25, -0.2) is 0 Å². The molecular weight excluding hydrogens is 266 g/mol. The summed E-state index contributed by atoms with van der Waals surface area (Å²) in [6, 6.07) is 5.96. The number of nitro benzene ring substituents is 1. The van der Waals surface area contributed by atoms with Crippen LogP contribution in [-0.4, -0.2) is 28.7 Å². The molecule has 104 valence electrons. The Kier molecular flexibility index (Phi) is 5.78. The molecule has 0 saturated carbocycles. The summed E-state index contributed by atoms with van der Waals surface area (Å²) in [5.74, 6) is 0.0915. The van der Waals surface area contributed by atoms with E-state index in [2.05, 4.69) is 5.32 Å².